The quantitative estimate of drug-likeness (QED) is 0.204. The standard InChI is InChI=1S/C36H24N2O.Pt/c1-3-11-25(12-4-1)37-33-17-9-7-15-29(33)31-21-19-27(23-35(31)37)39-28-20-22-32-30-16-8-10-18-34(30)38(36(32)24-28)26-13-5-2-6-14-26;/h1-11,13,15-22,31-32,35-36H;/q-4;+4. The van der Waals surface area contributed by atoms with Crippen LogP contribution in [0, 0.1) is 24.3 Å². The molecule has 2 aliphatic heterocycles. The molecule has 4 aliphatic rings. The van der Waals surface area contributed by atoms with Gasteiger partial charge in [-0.2, -0.15) is 72.8 Å². The first-order chi connectivity index (χ1) is 19.3. The number of ether oxygens (including phenoxy) is 1. The second-order valence-electron chi connectivity index (χ2n) is 10.1. The van der Waals surface area contributed by atoms with E-state index in [0.29, 0.717) is 11.5 Å². The van der Waals surface area contributed by atoms with Crippen molar-refractivity contribution in [2.45, 2.75) is 23.9 Å². The monoisotopic (exact) mass is 695 g/mol. The maximum Gasteiger partial charge on any atom is 4.00 e. The van der Waals surface area contributed by atoms with Crippen LogP contribution in [0.4, 0.5) is 22.7 Å². The van der Waals surface area contributed by atoms with E-state index in [4.69, 9.17) is 4.74 Å². The molecule has 0 saturated carbocycles. The molecule has 4 atom stereocenters. The molecule has 0 saturated heterocycles. The van der Waals surface area contributed by atoms with E-state index in [0.717, 1.165) is 11.4 Å². The van der Waals surface area contributed by atoms with E-state index in [2.05, 4.69) is 131 Å². The molecule has 194 valence electrons. The Kier molecular flexibility index (Phi) is 6.33. The maximum atomic E-state index is 6.48. The van der Waals surface area contributed by atoms with Crippen LogP contribution in [0.3, 0.4) is 0 Å². The molecular formula is C36H24N2OPt. The molecular weight excluding hydrogens is 671 g/mol. The van der Waals surface area contributed by atoms with Gasteiger partial charge in [0.2, 0.25) is 0 Å². The van der Waals surface area contributed by atoms with Crippen molar-refractivity contribution >= 4 is 22.7 Å². The molecule has 4 aromatic carbocycles. The molecule has 2 aliphatic carbocycles. The Balaban J connectivity index is 0.00000264. The molecule has 0 radical (unpaired) electrons. The third-order valence-electron chi connectivity index (χ3n) is 7.96. The summed E-state index contributed by atoms with van der Waals surface area (Å²) < 4.78 is 6.48. The second-order valence-corrected chi connectivity index (χ2v) is 10.1. The molecule has 3 nitrogen and oxygen atoms in total. The fourth-order valence-corrected chi connectivity index (χ4v) is 6.31. The Labute approximate surface area is 249 Å². The molecule has 40 heavy (non-hydrogen) atoms. The molecule has 0 spiro atoms. The van der Waals surface area contributed by atoms with E-state index in [1.807, 2.05) is 24.3 Å². The average Bonchev–Trinajstić information content (AvgIpc) is 3.50. The maximum absolute atomic E-state index is 6.48. The van der Waals surface area contributed by atoms with Gasteiger partial charge in [0.25, 0.3) is 0 Å². The van der Waals surface area contributed by atoms with Crippen molar-refractivity contribution in [3.8, 4) is 0 Å². The summed E-state index contributed by atoms with van der Waals surface area (Å²) in [5.74, 6) is 1.84. The summed E-state index contributed by atoms with van der Waals surface area (Å²) in [5.41, 5.74) is 7.05. The topological polar surface area (TPSA) is 15.7 Å². The smallest absolute Gasteiger partial charge is 0.534 e. The van der Waals surface area contributed by atoms with Gasteiger partial charge < -0.3 is 14.5 Å². The Hall–Kier alpha value is -4.07. The van der Waals surface area contributed by atoms with E-state index in [1.54, 1.807) is 0 Å². The molecule has 0 aromatic heterocycles. The van der Waals surface area contributed by atoms with Crippen LogP contribution >= 0.6 is 0 Å². The van der Waals surface area contributed by atoms with E-state index in [1.165, 1.54) is 22.5 Å². The van der Waals surface area contributed by atoms with Gasteiger partial charge in [-0.15, -0.1) is 12.1 Å². The SMILES string of the molecule is [C-]1=C(OC2=[C-]C3C(C=C2)c2ccccc2N3c2[c-]cccc2)C=CC2c3ccccc3N(c3[c-]cccc3)C12.[Pt+4]. The van der Waals surface area contributed by atoms with Crippen molar-refractivity contribution in [3.63, 3.8) is 0 Å². The summed E-state index contributed by atoms with van der Waals surface area (Å²) in [6.07, 6.45) is 15.9. The molecule has 0 amide bonds. The van der Waals surface area contributed by atoms with Gasteiger partial charge in [0.1, 0.15) is 0 Å². The summed E-state index contributed by atoms with van der Waals surface area (Å²) in [7, 11) is 0. The van der Waals surface area contributed by atoms with Crippen LogP contribution in [-0.2, 0) is 25.8 Å². The Morgan fingerprint density at radius 1 is 0.550 bits per heavy atom. The van der Waals surface area contributed by atoms with Gasteiger partial charge in [-0.3, -0.25) is 0 Å². The summed E-state index contributed by atoms with van der Waals surface area (Å²) in [6.45, 7) is 0. The fourth-order valence-electron chi connectivity index (χ4n) is 6.31. The third-order valence-corrected chi connectivity index (χ3v) is 7.96. The van der Waals surface area contributed by atoms with E-state index < -0.39 is 0 Å². The molecule has 0 bridgehead atoms. The van der Waals surface area contributed by atoms with Crippen LogP contribution in [0.2, 0.25) is 0 Å². The molecule has 4 aromatic rings. The van der Waals surface area contributed by atoms with Gasteiger partial charge in [0, 0.05) is 11.4 Å². The first-order valence-electron chi connectivity index (χ1n) is 13.4. The van der Waals surface area contributed by atoms with Gasteiger partial charge in [-0.05, 0) is 58.7 Å². The van der Waals surface area contributed by atoms with Gasteiger partial charge in [-0.1, -0.05) is 47.8 Å². The van der Waals surface area contributed by atoms with Gasteiger partial charge in [0.05, 0.1) is 0 Å². The summed E-state index contributed by atoms with van der Waals surface area (Å²) in [4.78, 5) is 4.64. The first kappa shape index (κ1) is 24.9. The summed E-state index contributed by atoms with van der Waals surface area (Å²) >= 11 is 0. The van der Waals surface area contributed by atoms with Gasteiger partial charge >= 0.3 is 21.1 Å². The van der Waals surface area contributed by atoms with Crippen molar-refractivity contribution < 1.29 is 25.8 Å². The number of hydrogen-bond acceptors (Lipinski definition) is 3. The number of allylic oxidation sites excluding steroid dienone is 2. The normalized spacial score (nSPS) is 23.3. The zero-order valence-corrected chi connectivity index (χ0v) is 23.7. The van der Waals surface area contributed by atoms with Crippen molar-refractivity contribution in [2.75, 3.05) is 9.80 Å². The average molecular weight is 696 g/mol. The number of hydrogen-bond donors (Lipinski definition) is 0. The number of rotatable bonds is 4. The zero-order valence-electron chi connectivity index (χ0n) is 21.5. The number of fused-ring (bicyclic) bond motifs is 6. The number of nitrogens with zero attached hydrogens (tertiary/aromatic N) is 2. The predicted molar refractivity (Wildman–Crippen MR) is 154 cm³/mol. The molecule has 2 heterocycles. The predicted octanol–water partition coefficient (Wildman–Crippen LogP) is 7.72. The van der Waals surface area contributed by atoms with Gasteiger partial charge in [0.15, 0.2) is 0 Å². The van der Waals surface area contributed by atoms with E-state index in [9.17, 15) is 0 Å². The summed E-state index contributed by atoms with van der Waals surface area (Å²) in [6, 6.07) is 40.2. The minimum atomic E-state index is -0.00637. The zero-order chi connectivity index (χ0) is 25.8. The molecule has 4 heteroatoms. The number of anilines is 4. The molecule has 4 unspecified atom stereocenters. The molecule has 0 N–H and O–H groups in total. The van der Waals surface area contributed by atoms with Crippen LogP contribution in [0.5, 0.6) is 0 Å². The third kappa shape index (κ3) is 4.00. The van der Waals surface area contributed by atoms with Crippen LogP contribution in [-0.4, -0.2) is 12.1 Å². The van der Waals surface area contributed by atoms with Crippen molar-refractivity contribution in [2.24, 2.45) is 0 Å². The van der Waals surface area contributed by atoms with Crippen LogP contribution in [0.25, 0.3) is 0 Å². The number of benzene rings is 4. The van der Waals surface area contributed by atoms with Crippen LogP contribution in [0.15, 0.2) is 133 Å². The molecule has 0 fully saturated rings. The Bertz CT molecular complexity index is 1550. The largest absolute Gasteiger partial charge is 4.00 e. The fraction of sp³-hybridized carbons (Fsp3) is 0.111. The Morgan fingerprint density at radius 2 is 1.00 bits per heavy atom. The Morgan fingerprint density at radius 3 is 1.45 bits per heavy atom. The van der Waals surface area contributed by atoms with Crippen LogP contribution in [0.1, 0.15) is 23.0 Å². The van der Waals surface area contributed by atoms with Crippen LogP contribution < -0.4 is 9.80 Å². The number of para-hydroxylation sites is 4. The minimum absolute atomic E-state index is 0. The van der Waals surface area contributed by atoms with E-state index >= 15 is 0 Å². The molecule has 8 rings (SSSR count). The second kappa shape index (κ2) is 10.2. The van der Waals surface area contributed by atoms with Gasteiger partial charge in [-0.25, -0.2) is 12.2 Å². The summed E-state index contributed by atoms with van der Waals surface area (Å²) in [5, 5.41) is 0. The van der Waals surface area contributed by atoms with E-state index in [-0.39, 0.29) is 45.0 Å². The van der Waals surface area contributed by atoms with Crippen molar-refractivity contribution in [3.05, 3.63) is 168 Å². The minimum Gasteiger partial charge on any atom is -0.534 e. The van der Waals surface area contributed by atoms with Crippen molar-refractivity contribution in [1.82, 2.24) is 0 Å². The van der Waals surface area contributed by atoms with Crippen molar-refractivity contribution in [1.29, 1.82) is 0 Å². The first-order valence-corrected chi connectivity index (χ1v) is 13.4.